The highest BCUT2D eigenvalue weighted by molar-refractivity contribution is 7.27. The van der Waals surface area contributed by atoms with Gasteiger partial charge in [0, 0.05) is 54.4 Å². The molecule has 0 aliphatic heterocycles. The number of fused-ring (bicyclic) bond motifs is 10. The number of hydrogen-bond donors (Lipinski definition) is 0. The Morgan fingerprint density at radius 1 is 0.673 bits per heavy atom. The van der Waals surface area contributed by atoms with Gasteiger partial charge in [-0.15, -0.1) is 11.3 Å². The van der Waals surface area contributed by atoms with E-state index in [1.807, 2.05) is 29.5 Å². The van der Waals surface area contributed by atoms with Crippen molar-refractivity contribution in [1.29, 1.82) is 10.5 Å². The molecule has 5 aromatic carbocycles. The van der Waals surface area contributed by atoms with Crippen LogP contribution in [0.2, 0.25) is 0 Å². The van der Waals surface area contributed by atoms with Gasteiger partial charge in [-0.1, -0.05) is 84.9 Å². The third kappa shape index (κ3) is 4.01. The topological polar surface area (TPSA) is 57.4 Å². The molecule has 0 N–H and O–H groups in total. The summed E-state index contributed by atoms with van der Waals surface area (Å²) in [5.74, 6) is -0.126. The molecule has 2 aliphatic carbocycles. The molecule has 3 heterocycles. The van der Waals surface area contributed by atoms with Crippen LogP contribution in [-0.2, 0) is 12.8 Å². The lowest BCUT2D eigenvalue weighted by Gasteiger charge is -2.19. The minimum Gasteiger partial charge on any atom is -0.309 e. The quantitative estimate of drug-likeness (QED) is 0.192. The van der Waals surface area contributed by atoms with Gasteiger partial charge in [0.1, 0.15) is 0 Å². The molecular formula is C44H28N4S. The molecule has 5 heteroatoms. The van der Waals surface area contributed by atoms with Crippen LogP contribution in [0.4, 0.5) is 0 Å². The average molecular weight is 645 g/mol. The zero-order chi connectivity index (χ0) is 32.6. The first-order valence-corrected chi connectivity index (χ1v) is 17.5. The second-order valence-corrected chi connectivity index (χ2v) is 14.0. The van der Waals surface area contributed by atoms with Crippen molar-refractivity contribution in [2.45, 2.75) is 19.3 Å². The van der Waals surface area contributed by atoms with E-state index in [-0.39, 0.29) is 5.92 Å². The maximum absolute atomic E-state index is 10.1. The van der Waals surface area contributed by atoms with Crippen molar-refractivity contribution in [1.82, 2.24) is 9.13 Å². The van der Waals surface area contributed by atoms with E-state index >= 15 is 0 Å². The molecule has 3 aromatic heterocycles. The highest BCUT2D eigenvalue weighted by Crippen LogP contribution is 2.47. The molecule has 0 spiro atoms. The van der Waals surface area contributed by atoms with Crippen LogP contribution in [0.5, 0.6) is 0 Å². The minimum atomic E-state index is -0.126. The second kappa shape index (κ2) is 10.7. The maximum Gasteiger partial charge on any atom is 0.0992 e. The maximum atomic E-state index is 10.1. The lowest BCUT2D eigenvalue weighted by atomic mass is 9.89. The molecule has 0 saturated carbocycles. The van der Waals surface area contributed by atoms with Crippen LogP contribution in [0.25, 0.3) is 76.6 Å². The lowest BCUT2D eigenvalue weighted by molar-refractivity contribution is 0.794. The first kappa shape index (κ1) is 27.9. The van der Waals surface area contributed by atoms with Crippen LogP contribution in [-0.4, -0.2) is 9.13 Å². The fraction of sp³-hybridized carbons (Fsp3) is 0.0909. The predicted octanol–water partition coefficient (Wildman–Crippen LogP) is 11.1. The molecule has 2 aliphatic rings. The van der Waals surface area contributed by atoms with E-state index in [2.05, 4.69) is 130 Å². The highest BCUT2D eigenvalue weighted by Gasteiger charge is 2.28. The summed E-state index contributed by atoms with van der Waals surface area (Å²) >= 11 is 1.85. The smallest absolute Gasteiger partial charge is 0.0992 e. The molecule has 0 bridgehead atoms. The zero-order valence-corrected chi connectivity index (χ0v) is 27.3. The van der Waals surface area contributed by atoms with Crippen LogP contribution in [0, 0.1) is 28.6 Å². The van der Waals surface area contributed by atoms with Crippen molar-refractivity contribution in [3.05, 3.63) is 143 Å². The Bertz CT molecular complexity index is 2830. The van der Waals surface area contributed by atoms with Gasteiger partial charge in [-0.2, -0.15) is 10.5 Å². The normalized spacial score (nSPS) is 15.1. The molecule has 0 fully saturated rings. The van der Waals surface area contributed by atoms with Gasteiger partial charge in [-0.25, -0.2) is 0 Å². The van der Waals surface area contributed by atoms with Gasteiger partial charge in [0.15, 0.2) is 0 Å². The van der Waals surface area contributed by atoms with E-state index in [0.29, 0.717) is 5.56 Å². The summed E-state index contributed by atoms with van der Waals surface area (Å²) < 4.78 is 7.25. The van der Waals surface area contributed by atoms with Crippen molar-refractivity contribution < 1.29 is 0 Å². The second-order valence-electron chi connectivity index (χ2n) is 13.0. The van der Waals surface area contributed by atoms with Crippen LogP contribution < -0.4 is 0 Å². The predicted molar refractivity (Wildman–Crippen MR) is 202 cm³/mol. The fourth-order valence-electron chi connectivity index (χ4n) is 8.21. The largest absolute Gasteiger partial charge is 0.309 e. The Balaban J connectivity index is 1.28. The molecule has 1 unspecified atom stereocenters. The van der Waals surface area contributed by atoms with E-state index in [1.54, 1.807) is 0 Å². The fourth-order valence-corrected chi connectivity index (χ4v) is 9.57. The van der Waals surface area contributed by atoms with Gasteiger partial charge >= 0.3 is 0 Å². The first-order valence-electron chi connectivity index (χ1n) is 16.7. The average Bonchev–Trinajstić information content (AvgIpc) is 3.82. The Morgan fingerprint density at radius 3 is 2.35 bits per heavy atom. The van der Waals surface area contributed by atoms with Crippen LogP contribution >= 0.6 is 11.3 Å². The van der Waals surface area contributed by atoms with Gasteiger partial charge < -0.3 is 9.13 Å². The summed E-state index contributed by atoms with van der Waals surface area (Å²) in [6, 6.07) is 41.6. The van der Waals surface area contributed by atoms with Gasteiger partial charge in [-0.3, -0.25) is 0 Å². The summed E-state index contributed by atoms with van der Waals surface area (Å²) in [6.45, 7) is 0. The molecule has 49 heavy (non-hydrogen) atoms. The Morgan fingerprint density at radius 2 is 1.47 bits per heavy atom. The lowest BCUT2D eigenvalue weighted by Crippen LogP contribution is -2.08. The molecule has 4 nitrogen and oxygen atoms in total. The van der Waals surface area contributed by atoms with Crippen LogP contribution in [0.1, 0.15) is 34.5 Å². The van der Waals surface area contributed by atoms with E-state index < -0.39 is 0 Å². The number of allylic oxidation sites excluding steroid dienone is 2. The van der Waals surface area contributed by atoms with Gasteiger partial charge in [-0.05, 0) is 72.9 Å². The van der Waals surface area contributed by atoms with Crippen LogP contribution in [0.3, 0.4) is 0 Å². The standard InChI is InChI=1S/C44H28N4S/c45-25-27-18-22-40-37(23-27)31-12-5-7-16-39(31)48(40)41-24-28(26-46)17-19-32(41)34-13-8-14-35-36-21-20-33-30-11-4-6-15-38(30)47(29-9-2-1-3-10-29)42(33)44(36)49-43(34)35/h1-4,6-11,13-22,24,27H,5,12,23H2. The number of benzene rings is 5. The minimum absolute atomic E-state index is 0.126. The molecule has 10 rings (SSSR count). The SMILES string of the molecule is N#Cc1ccc(-c2cccc3c2sc2c3ccc3c4ccccc4n(-c4ccccc4)c32)c(-n2c3c(c4c2C=CC(C#N)C4)CCC=C3)c1. The molecule has 0 saturated heterocycles. The van der Waals surface area contributed by atoms with Crippen molar-refractivity contribution in [3.8, 4) is 34.6 Å². The number of aromatic nitrogens is 2. The Labute approximate surface area is 287 Å². The van der Waals surface area contributed by atoms with E-state index in [0.717, 1.165) is 53.2 Å². The number of thiophene rings is 1. The highest BCUT2D eigenvalue weighted by atomic mass is 32.1. The van der Waals surface area contributed by atoms with Crippen molar-refractivity contribution in [2.24, 2.45) is 5.92 Å². The molecule has 230 valence electrons. The summed E-state index contributed by atoms with van der Waals surface area (Å²) in [5, 5.41) is 24.9. The van der Waals surface area contributed by atoms with Gasteiger partial charge in [0.2, 0.25) is 0 Å². The van der Waals surface area contributed by atoms with E-state index in [1.165, 1.54) is 53.1 Å². The van der Waals surface area contributed by atoms with Gasteiger partial charge in [0.05, 0.1) is 45.0 Å². The molecule has 8 aromatic rings. The zero-order valence-electron chi connectivity index (χ0n) is 26.5. The molecule has 0 amide bonds. The number of para-hydroxylation sites is 2. The van der Waals surface area contributed by atoms with Crippen molar-refractivity contribution in [3.63, 3.8) is 0 Å². The third-order valence-electron chi connectivity index (χ3n) is 10.3. The molecular weight excluding hydrogens is 617 g/mol. The van der Waals surface area contributed by atoms with Crippen molar-refractivity contribution >= 4 is 65.5 Å². The first-order chi connectivity index (χ1) is 24.2. The third-order valence-corrected chi connectivity index (χ3v) is 11.6. The molecule has 0 radical (unpaired) electrons. The summed E-state index contributed by atoms with van der Waals surface area (Å²) in [6.07, 6.45) is 11.3. The Kier molecular flexibility index (Phi) is 6.09. The number of nitriles is 2. The number of rotatable bonds is 3. The number of hydrogen-bond acceptors (Lipinski definition) is 3. The monoisotopic (exact) mass is 644 g/mol. The summed E-state index contributed by atoms with van der Waals surface area (Å²) in [4.78, 5) is 0. The van der Waals surface area contributed by atoms with Crippen LogP contribution in [0.15, 0.2) is 115 Å². The van der Waals surface area contributed by atoms with Gasteiger partial charge in [0.25, 0.3) is 0 Å². The Hall–Kier alpha value is -6.14. The summed E-state index contributed by atoms with van der Waals surface area (Å²) in [7, 11) is 0. The summed E-state index contributed by atoms with van der Waals surface area (Å²) in [5.41, 5.74) is 12.3. The van der Waals surface area contributed by atoms with E-state index in [4.69, 9.17) is 0 Å². The number of nitrogens with zero attached hydrogens (tertiary/aromatic N) is 4. The van der Waals surface area contributed by atoms with Crippen molar-refractivity contribution in [2.75, 3.05) is 0 Å². The van der Waals surface area contributed by atoms with E-state index in [9.17, 15) is 10.5 Å². The molecule has 1 atom stereocenters.